The van der Waals surface area contributed by atoms with Gasteiger partial charge in [0.15, 0.2) is 0 Å². The molecule has 2 heterocycles. The number of carbonyl (C=O) groups excluding carboxylic acids is 1. The molecule has 1 aromatic heterocycles. The molecule has 0 spiro atoms. The molecule has 0 bridgehead atoms. The van der Waals surface area contributed by atoms with E-state index in [9.17, 15) is 4.79 Å². The monoisotopic (exact) mass is 342 g/mol. The molecule has 0 saturated carbocycles. The van der Waals surface area contributed by atoms with E-state index in [2.05, 4.69) is 15.5 Å². The maximum absolute atomic E-state index is 12.7. The van der Waals surface area contributed by atoms with Crippen molar-refractivity contribution < 1.29 is 4.79 Å². The van der Waals surface area contributed by atoms with Crippen LogP contribution in [-0.4, -0.2) is 50.6 Å². The third-order valence-electron chi connectivity index (χ3n) is 3.69. The summed E-state index contributed by atoms with van der Waals surface area (Å²) in [4.78, 5) is 14.5. The van der Waals surface area contributed by atoms with Crippen LogP contribution in [0.1, 0.15) is 16.8 Å². The van der Waals surface area contributed by atoms with E-state index in [-0.39, 0.29) is 18.3 Å². The van der Waals surface area contributed by atoms with Gasteiger partial charge < -0.3 is 10.6 Å². The number of hydrogen-bond acceptors (Lipinski definition) is 5. The Bertz CT molecular complexity index is 648. The van der Waals surface area contributed by atoms with Crippen molar-refractivity contribution in [3.63, 3.8) is 0 Å². The first-order valence-corrected chi connectivity index (χ1v) is 7.09. The molecule has 2 aromatic rings. The number of rotatable bonds is 3. The zero-order valence-corrected chi connectivity index (χ0v) is 13.3. The van der Waals surface area contributed by atoms with Crippen LogP contribution in [-0.2, 0) is 0 Å². The highest BCUT2D eigenvalue weighted by molar-refractivity contribution is 6.31. The van der Waals surface area contributed by atoms with Crippen LogP contribution in [0.25, 0.3) is 5.69 Å². The van der Waals surface area contributed by atoms with Gasteiger partial charge in [0.2, 0.25) is 0 Å². The van der Waals surface area contributed by atoms with E-state index in [0.29, 0.717) is 41.8 Å². The number of likely N-dealkylation sites (tertiary alicyclic amines) is 1. The fourth-order valence-corrected chi connectivity index (χ4v) is 2.70. The van der Waals surface area contributed by atoms with Crippen LogP contribution < -0.4 is 5.73 Å². The second kappa shape index (κ2) is 7.04. The van der Waals surface area contributed by atoms with Crippen LogP contribution in [0.2, 0.25) is 5.02 Å². The van der Waals surface area contributed by atoms with E-state index in [1.54, 1.807) is 23.1 Å². The standard InChI is InChI=1S/C13H15ClN6O.ClH/c14-10-1-2-12(20-8-16-17-18-20)11(5-10)13(21)19-4-3-9(6-15)7-19;/h1-2,5,8-9H,3-4,6-7,15H2;1H. The first-order valence-electron chi connectivity index (χ1n) is 6.71. The third kappa shape index (κ3) is 3.21. The van der Waals surface area contributed by atoms with Gasteiger partial charge in [-0.05, 0) is 47.5 Å². The fraction of sp³-hybridized carbons (Fsp3) is 0.385. The molecule has 1 atom stereocenters. The smallest absolute Gasteiger partial charge is 0.256 e. The van der Waals surface area contributed by atoms with Gasteiger partial charge in [0.1, 0.15) is 6.33 Å². The molecule has 1 aliphatic heterocycles. The molecule has 2 N–H and O–H groups in total. The second-order valence-corrected chi connectivity index (χ2v) is 5.49. The van der Waals surface area contributed by atoms with E-state index in [1.165, 1.54) is 11.0 Å². The zero-order chi connectivity index (χ0) is 14.8. The summed E-state index contributed by atoms with van der Waals surface area (Å²) in [5, 5.41) is 11.5. The number of tetrazole rings is 1. The summed E-state index contributed by atoms with van der Waals surface area (Å²) in [6, 6.07) is 5.10. The van der Waals surface area contributed by atoms with E-state index < -0.39 is 0 Å². The Kier molecular flexibility index (Phi) is 5.33. The van der Waals surface area contributed by atoms with E-state index in [0.717, 1.165) is 6.42 Å². The lowest BCUT2D eigenvalue weighted by atomic mass is 10.1. The Labute approximate surface area is 138 Å². The van der Waals surface area contributed by atoms with Gasteiger partial charge in [-0.25, -0.2) is 0 Å². The van der Waals surface area contributed by atoms with Crippen molar-refractivity contribution in [3.8, 4) is 5.69 Å². The minimum absolute atomic E-state index is 0. The number of amides is 1. The number of carbonyl (C=O) groups is 1. The Balaban J connectivity index is 0.00000176. The number of hydrogen-bond donors (Lipinski definition) is 1. The van der Waals surface area contributed by atoms with Crippen LogP contribution in [0, 0.1) is 5.92 Å². The summed E-state index contributed by atoms with van der Waals surface area (Å²) < 4.78 is 1.46. The summed E-state index contributed by atoms with van der Waals surface area (Å²) >= 11 is 6.03. The van der Waals surface area contributed by atoms with Gasteiger partial charge in [-0.2, -0.15) is 4.68 Å². The molecule has 0 radical (unpaired) electrons. The van der Waals surface area contributed by atoms with Crippen molar-refractivity contribution in [2.45, 2.75) is 6.42 Å². The summed E-state index contributed by atoms with van der Waals surface area (Å²) in [6.07, 6.45) is 2.38. The van der Waals surface area contributed by atoms with Crippen LogP contribution in [0.5, 0.6) is 0 Å². The molecule has 1 amide bonds. The Morgan fingerprint density at radius 2 is 2.27 bits per heavy atom. The quantitative estimate of drug-likeness (QED) is 0.903. The SMILES string of the molecule is Cl.NCC1CCN(C(=O)c2cc(Cl)ccc2-n2cnnn2)C1. The molecule has 1 saturated heterocycles. The molecule has 3 rings (SSSR count). The van der Waals surface area contributed by atoms with E-state index in [4.69, 9.17) is 17.3 Å². The van der Waals surface area contributed by atoms with Crippen LogP contribution >= 0.6 is 24.0 Å². The Morgan fingerprint density at radius 3 is 2.91 bits per heavy atom. The van der Waals surface area contributed by atoms with E-state index >= 15 is 0 Å². The topological polar surface area (TPSA) is 89.9 Å². The van der Waals surface area contributed by atoms with Crippen LogP contribution in [0.3, 0.4) is 0 Å². The predicted molar refractivity (Wildman–Crippen MR) is 84.5 cm³/mol. The van der Waals surface area contributed by atoms with Gasteiger partial charge in [0.05, 0.1) is 11.3 Å². The molecule has 22 heavy (non-hydrogen) atoms. The van der Waals surface area contributed by atoms with Crippen molar-refractivity contribution in [2.24, 2.45) is 11.7 Å². The lowest BCUT2D eigenvalue weighted by Crippen LogP contribution is -2.30. The summed E-state index contributed by atoms with van der Waals surface area (Å²) in [7, 11) is 0. The molecule has 1 fully saturated rings. The fourth-order valence-electron chi connectivity index (χ4n) is 2.53. The number of aromatic nitrogens is 4. The molecule has 0 aliphatic carbocycles. The van der Waals surface area contributed by atoms with Crippen molar-refractivity contribution in [1.29, 1.82) is 0 Å². The van der Waals surface area contributed by atoms with E-state index in [1.807, 2.05) is 0 Å². The lowest BCUT2D eigenvalue weighted by molar-refractivity contribution is 0.0787. The largest absolute Gasteiger partial charge is 0.338 e. The van der Waals surface area contributed by atoms with Crippen molar-refractivity contribution in [1.82, 2.24) is 25.1 Å². The van der Waals surface area contributed by atoms with Gasteiger partial charge >= 0.3 is 0 Å². The molecule has 7 nitrogen and oxygen atoms in total. The lowest BCUT2D eigenvalue weighted by Gasteiger charge is -2.18. The zero-order valence-electron chi connectivity index (χ0n) is 11.7. The average molecular weight is 343 g/mol. The highest BCUT2D eigenvalue weighted by atomic mass is 35.5. The average Bonchev–Trinajstić information content (AvgIpc) is 3.17. The second-order valence-electron chi connectivity index (χ2n) is 5.06. The third-order valence-corrected chi connectivity index (χ3v) is 3.93. The van der Waals surface area contributed by atoms with Crippen molar-refractivity contribution in [2.75, 3.05) is 19.6 Å². The van der Waals surface area contributed by atoms with Crippen LogP contribution in [0.15, 0.2) is 24.5 Å². The Morgan fingerprint density at radius 1 is 1.45 bits per heavy atom. The summed E-state index contributed by atoms with van der Waals surface area (Å²) in [5.41, 5.74) is 6.79. The minimum atomic E-state index is -0.0704. The summed E-state index contributed by atoms with van der Waals surface area (Å²) in [5.74, 6) is 0.295. The van der Waals surface area contributed by atoms with Gasteiger partial charge in [0.25, 0.3) is 5.91 Å². The van der Waals surface area contributed by atoms with Gasteiger partial charge in [-0.1, -0.05) is 11.6 Å². The highest BCUT2D eigenvalue weighted by Gasteiger charge is 2.28. The van der Waals surface area contributed by atoms with Gasteiger partial charge in [-0.15, -0.1) is 17.5 Å². The first-order chi connectivity index (χ1) is 10.2. The molecule has 1 unspecified atom stereocenters. The molecular weight excluding hydrogens is 327 g/mol. The number of nitrogens with two attached hydrogens (primary N) is 1. The highest BCUT2D eigenvalue weighted by Crippen LogP contribution is 2.23. The molecule has 118 valence electrons. The molecule has 1 aliphatic rings. The van der Waals surface area contributed by atoms with Crippen molar-refractivity contribution >= 4 is 29.9 Å². The maximum Gasteiger partial charge on any atom is 0.256 e. The number of benzene rings is 1. The molecule has 9 heteroatoms. The minimum Gasteiger partial charge on any atom is -0.338 e. The van der Waals surface area contributed by atoms with Crippen molar-refractivity contribution in [3.05, 3.63) is 35.1 Å². The molecular formula is C13H16Cl2N6O. The van der Waals surface area contributed by atoms with Gasteiger partial charge in [-0.3, -0.25) is 4.79 Å². The molecule has 1 aromatic carbocycles. The maximum atomic E-state index is 12.7. The Hall–Kier alpha value is -1.70. The summed E-state index contributed by atoms with van der Waals surface area (Å²) in [6.45, 7) is 1.98. The number of halogens is 2. The van der Waals surface area contributed by atoms with Crippen LogP contribution in [0.4, 0.5) is 0 Å². The number of nitrogens with zero attached hydrogens (tertiary/aromatic N) is 5. The predicted octanol–water partition coefficient (Wildman–Crippen LogP) is 1.16. The first kappa shape index (κ1) is 16.7. The van der Waals surface area contributed by atoms with Gasteiger partial charge in [0, 0.05) is 18.1 Å². The normalized spacial score (nSPS) is 17.4.